The molecule has 19 heavy (non-hydrogen) atoms. The molecule has 1 aromatic rings. The van der Waals surface area contributed by atoms with Crippen LogP contribution in [0.1, 0.15) is 24.8 Å². The first kappa shape index (κ1) is 12.6. The number of para-hydroxylation sites is 1. The zero-order chi connectivity index (χ0) is 13.2. The van der Waals surface area contributed by atoms with Crippen molar-refractivity contribution in [2.45, 2.75) is 25.7 Å². The van der Waals surface area contributed by atoms with Gasteiger partial charge in [0.1, 0.15) is 0 Å². The lowest BCUT2D eigenvalue weighted by Gasteiger charge is -2.31. The molecule has 100 valence electrons. The number of carbonyl (C=O) groups is 1. The van der Waals surface area contributed by atoms with Crippen molar-refractivity contribution in [3.8, 4) is 0 Å². The van der Waals surface area contributed by atoms with Crippen LogP contribution in [0.4, 0.5) is 5.69 Å². The van der Waals surface area contributed by atoms with Gasteiger partial charge in [-0.15, -0.1) is 0 Å². The van der Waals surface area contributed by atoms with Gasteiger partial charge in [-0.2, -0.15) is 0 Å². The van der Waals surface area contributed by atoms with Crippen LogP contribution in [-0.2, 0) is 11.2 Å². The minimum absolute atomic E-state index is 0.00375. The average molecular weight is 274 g/mol. The van der Waals surface area contributed by atoms with E-state index in [0.29, 0.717) is 4.99 Å². The van der Waals surface area contributed by atoms with Crippen LogP contribution in [0.15, 0.2) is 24.3 Å². The van der Waals surface area contributed by atoms with Crippen molar-refractivity contribution in [2.24, 2.45) is 0 Å². The Bertz CT molecular complexity index is 509. The molecule has 0 atom stereocenters. The minimum Gasteiger partial charge on any atom is -0.358 e. The third kappa shape index (κ3) is 2.37. The molecule has 3 rings (SSSR count). The van der Waals surface area contributed by atoms with Crippen LogP contribution in [-0.4, -0.2) is 35.4 Å². The number of anilines is 1. The molecule has 2 aliphatic rings. The van der Waals surface area contributed by atoms with Crippen LogP contribution >= 0.6 is 12.2 Å². The number of rotatable bonds is 0. The van der Waals surface area contributed by atoms with Gasteiger partial charge in [0.15, 0.2) is 4.99 Å². The fourth-order valence-electron chi connectivity index (χ4n) is 2.92. The highest BCUT2D eigenvalue weighted by Crippen LogP contribution is 2.27. The molecule has 2 aliphatic heterocycles. The van der Waals surface area contributed by atoms with Crippen molar-refractivity contribution in [1.29, 1.82) is 0 Å². The second-order valence-electron chi connectivity index (χ2n) is 5.19. The number of amides is 1. The van der Waals surface area contributed by atoms with E-state index in [1.807, 2.05) is 23.1 Å². The number of carbonyl (C=O) groups excluding carboxylic acids is 1. The Kier molecular flexibility index (Phi) is 3.51. The lowest BCUT2D eigenvalue weighted by Crippen LogP contribution is -2.45. The van der Waals surface area contributed by atoms with E-state index in [0.717, 1.165) is 51.0 Å². The second-order valence-corrected chi connectivity index (χ2v) is 5.58. The molecule has 4 heteroatoms. The first-order valence-corrected chi connectivity index (χ1v) is 7.37. The lowest BCUT2D eigenvalue weighted by atomic mass is 10.0. The largest absolute Gasteiger partial charge is 0.358 e. The van der Waals surface area contributed by atoms with E-state index in [9.17, 15) is 4.79 Å². The number of nitrogens with zero attached hydrogens (tertiary/aromatic N) is 2. The van der Waals surface area contributed by atoms with E-state index < -0.39 is 0 Å². The average Bonchev–Trinajstić information content (AvgIpc) is 2.99. The van der Waals surface area contributed by atoms with Crippen molar-refractivity contribution < 1.29 is 4.79 Å². The predicted octanol–water partition coefficient (Wildman–Crippen LogP) is 2.39. The van der Waals surface area contributed by atoms with Gasteiger partial charge in [0.05, 0.1) is 0 Å². The summed E-state index contributed by atoms with van der Waals surface area (Å²) in [5.41, 5.74) is 2.30. The van der Waals surface area contributed by atoms with Crippen molar-refractivity contribution in [2.75, 3.05) is 24.5 Å². The van der Waals surface area contributed by atoms with Gasteiger partial charge in [-0.1, -0.05) is 30.4 Å². The predicted molar refractivity (Wildman–Crippen MR) is 80.5 cm³/mol. The van der Waals surface area contributed by atoms with Gasteiger partial charge in [0.2, 0.25) is 0 Å². The molecule has 0 N–H and O–H groups in total. The number of thiocarbonyl (C=S) groups is 1. The number of likely N-dealkylation sites (tertiary alicyclic amines) is 1. The maximum Gasteiger partial charge on any atom is 0.285 e. The molecule has 3 nitrogen and oxygen atoms in total. The van der Waals surface area contributed by atoms with Crippen molar-refractivity contribution in [1.82, 2.24) is 4.90 Å². The van der Waals surface area contributed by atoms with Crippen LogP contribution in [0, 0.1) is 0 Å². The second kappa shape index (κ2) is 5.29. The molecular weight excluding hydrogens is 256 g/mol. The Morgan fingerprint density at radius 2 is 1.79 bits per heavy atom. The quantitative estimate of drug-likeness (QED) is 0.679. The van der Waals surface area contributed by atoms with E-state index in [2.05, 4.69) is 11.0 Å². The van der Waals surface area contributed by atoms with Crippen molar-refractivity contribution >= 4 is 28.8 Å². The SMILES string of the molecule is O=C(C(=S)N1CCCC1)N1CCCc2ccccc21. The van der Waals surface area contributed by atoms with Gasteiger partial charge in [0.25, 0.3) is 5.91 Å². The molecule has 1 fully saturated rings. The van der Waals surface area contributed by atoms with Gasteiger partial charge < -0.3 is 9.80 Å². The Balaban J connectivity index is 1.82. The number of fused-ring (bicyclic) bond motifs is 1. The molecule has 1 aromatic carbocycles. The fourth-order valence-corrected chi connectivity index (χ4v) is 3.21. The smallest absolute Gasteiger partial charge is 0.285 e. The number of hydrogen-bond acceptors (Lipinski definition) is 2. The third-order valence-electron chi connectivity index (χ3n) is 3.93. The Labute approximate surface area is 119 Å². The van der Waals surface area contributed by atoms with Crippen LogP contribution < -0.4 is 4.90 Å². The molecule has 0 bridgehead atoms. The van der Waals surface area contributed by atoms with Crippen molar-refractivity contribution in [3.05, 3.63) is 29.8 Å². The zero-order valence-electron chi connectivity index (χ0n) is 11.0. The molecule has 0 aromatic heterocycles. The summed E-state index contributed by atoms with van der Waals surface area (Å²) < 4.78 is 0. The summed E-state index contributed by atoms with van der Waals surface area (Å²) in [5.74, 6) is 0.00375. The first-order chi connectivity index (χ1) is 9.27. The summed E-state index contributed by atoms with van der Waals surface area (Å²) in [6.07, 6.45) is 4.36. The van der Waals surface area contributed by atoms with E-state index >= 15 is 0 Å². The minimum atomic E-state index is 0.00375. The molecule has 0 aliphatic carbocycles. The lowest BCUT2D eigenvalue weighted by molar-refractivity contribution is -0.113. The molecule has 0 saturated carbocycles. The van der Waals surface area contributed by atoms with E-state index in [1.165, 1.54) is 5.56 Å². The van der Waals surface area contributed by atoms with Crippen LogP contribution in [0.25, 0.3) is 0 Å². The van der Waals surface area contributed by atoms with Crippen LogP contribution in [0.5, 0.6) is 0 Å². The summed E-state index contributed by atoms with van der Waals surface area (Å²) in [4.78, 5) is 17.0. The number of benzene rings is 1. The fraction of sp³-hybridized carbons (Fsp3) is 0.467. The van der Waals surface area contributed by atoms with Gasteiger partial charge in [-0.3, -0.25) is 4.79 Å². The summed E-state index contributed by atoms with van der Waals surface area (Å²) >= 11 is 5.38. The molecule has 1 saturated heterocycles. The van der Waals surface area contributed by atoms with Gasteiger partial charge in [-0.25, -0.2) is 0 Å². The molecule has 1 amide bonds. The van der Waals surface area contributed by atoms with Gasteiger partial charge in [-0.05, 0) is 37.3 Å². The molecule has 0 unspecified atom stereocenters. The molecular formula is C15H18N2OS. The van der Waals surface area contributed by atoms with E-state index in [4.69, 9.17) is 12.2 Å². The Hall–Kier alpha value is -1.42. The third-order valence-corrected chi connectivity index (χ3v) is 4.36. The zero-order valence-corrected chi connectivity index (χ0v) is 11.8. The highest BCUT2D eigenvalue weighted by Gasteiger charge is 2.28. The molecule has 0 radical (unpaired) electrons. The van der Waals surface area contributed by atoms with E-state index in [-0.39, 0.29) is 5.91 Å². The van der Waals surface area contributed by atoms with Crippen LogP contribution in [0.2, 0.25) is 0 Å². The van der Waals surface area contributed by atoms with Crippen molar-refractivity contribution in [3.63, 3.8) is 0 Å². The number of hydrogen-bond donors (Lipinski definition) is 0. The Morgan fingerprint density at radius 1 is 1.05 bits per heavy atom. The highest BCUT2D eigenvalue weighted by atomic mass is 32.1. The first-order valence-electron chi connectivity index (χ1n) is 6.96. The normalized spacial score (nSPS) is 18.3. The topological polar surface area (TPSA) is 23.6 Å². The summed E-state index contributed by atoms with van der Waals surface area (Å²) in [7, 11) is 0. The maximum atomic E-state index is 12.6. The highest BCUT2D eigenvalue weighted by molar-refractivity contribution is 7.82. The monoisotopic (exact) mass is 274 g/mol. The standard InChI is InChI=1S/C15H18N2OS/c18-14(15(19)16-9-3-4-10-16)17-11-5-7-12-6-1-2-8-13(12)17/h1-2,6,8H,3-5,7,9-11H2. The maximum absolute atomic E-state index is 12.6. The molecule has 2 heterocycles. The summed E-state index contributed by atoms with van der Waals surface area (Å²) in [6.45, 7) is 2.64. The van der Waals surface area contributed by atoms with Gasteiger partial charge in [0, 0.05) is 25.3 Å². The number of aryl methyl sites for hydroxylation is 1. The summed E-state index contributed by atoms with van der Waals surface area (Å²) in [5, 5.41) is 0. The Morgan fingerprint density at radius 3 is 2.58 bits per heavy atom. The van der Waals surface area contributed by atoms with E-state index in [1.54, 1.807) is 0 Å². The summed E-state index contributed by atoms with van der Waals surface area (Å²) in [6, 6.07) is 8.15. The van der Waals surface area contributed by atoms with Gasteiger partial charge >= 0.3 is 0 Å². The van der Waals surface area contributed by atoms with Crippen LogP contribution in [0.3, 0.4) is 0 Å². The molecule has 0 spiro atoms.